The SMILES string of the molecule is C1=CCC(C2=C(C3=CCCCC3)NC(C3=CCC4C(=C3)c3cc(-c5ccc6c(c5)C5CCC=CC5N6C5C=CC=CC5)ccc3N4c3ccccc3)=NC2c2ccccc2)C=C1. The average Bonchev–Trinajstić information content (AvgIpc) is 3.86. The molecule has 6 atom stereocenters. The Kier molecular flexibility index (Phi) is 9.54. The summed E-state index contributed by atoms with van der Waals surface area (Å²) in [6, 6.07) is 37.5. The van der Waals surface area contributed by atoms with Crippen molar-refractivity contribution in [3.63, 3.8) is 0 Å². The van der Waals surface area contributed by atoms with Crippen molar-refractivity contribution in [1.29, 1.82) is 0 Å². The van der Waals surface area contributed by atoms with E-state index in [1.807, 2.05) is 0 Å². The first-order chi connectivity index (χ1) is 30.8. The predicted molar refractivity (Wildman–Crippen MR) is 259 cm³/mol. The van der Waals surface area contributed by atoms with Gasteiger partial charge in [-0.1, -0.05) is 134 Å². The number of benzene rings is 4. The number of hydrogen-bond donors (Lipinski definition) is 1. The topological polar surface area (TPSA) is 30.9 Å². The van der Waals surface area contributed by atoms with E-state index in [1.165, 1.54) is 92.1 Å². The normalized spacial score (nSPS) is 26.8. The van der Waals surface area contributed by atoms with Crippen molar-refractivity contribution in [3.8, 4) is 11.1 Å². The maximum absolute atomic E-state index is 5.72. The fraction of sp³-hybridized carbons (Fsp3) is 0.259. The zero-order chi connectivity index (χ0) is 41.0. The molecule has 4 aromatic rings. The predicted octanol–water partition coefficient (Wildman–Crippen LogP) is 13.7. The molecule has 6 unspecified atom stereocenters. The first kappa shape index (κ1) is 37.4. The smallest absolute Gasteiger partial charge is 0.133 e. The zero-order valence-corrected chi connectivity index (χ0v) is 35.4. The highest BCUT2D eigenvalue weighted by Gasteiger charge is 2.42. The van der Waals surface area contributed by atoms with Gasteiger partial charge in [0.1, 0.15) is 11.9 Å². The summed E-state index contributed by atoms with van der Waals surface area (Å²) in [4.78, 5) is 11.0. The van der Waals surface area contributed by atoms with Crippen LogP contribution in [-0.2, 0) is 0 Å². The van der Waals surface area contributed by atoms with E-state index in [1.54, 1.807) is 0 Å². The van der Waals surface area contributed by atoms with Gasteiger partial charge in [0.05, 0.1) is 18.1 Å². The van der Waals surface area contributed by atoms with Crippen LogP contribution < -0.4 is 15.1 Å². The molecule has 0 saturated carbocycles. The van der Waals surface area contributed by atoms with Crippen LogP contribution in [0.5, 0.6) is 0 Å². The van der Waals surface area contributed by atoms with Crippen LogP contribution in [0.3, 0.4) is 0 Å². The van der Waals surface area contributed by atoms with Crippen molar-refractivity contribution in [3.05, 3.63) is 215 Å². The van der Waals surface area contributed by atoms with Gasteiger partial charge in [-0.3, -0.25) is 4.99 Å². The third-order valence-electron chi connectivity index (χ3n) is 14.7. The van der Waals surface area contributed by atoms with Crippen LogP contribution in [0.2, 0.25) is 0 Å². The van der Waals surface area contributed by atoms with E-state index in [0.717, 1.165) is 44.4 Å². The van der Waals surface area contributed by atoms with E-state index in [9.17, 15) is 0 Å². The molecule has 306 valence electrons. The van der Waals surface area contributed by atoms with Gasteiger partial charge in [-0.25, -0.2) is 0 Å². The Morgan fingerprint density at radius 1 is 0.677 bits per heavy atom. The highest BCUT2D eigenvalue weighted by molar-refractivity contribution is 6.07. The Labute approximate surface area is 367 Å². The molecule has 8 aliphatic rings. The molecular weight excluding hydrogens is 753 g/mol. The summed E-state index contributed by atoms with van der Waals surface area (Å²) in [5, 5.41) is 4.06. The molecule has 3 aliphatic heterocycles. The Balaban J connectivity index is 0.952. The molecule has 0 amide bonds. The number of allylic oxidation sites excluding steroid dienone is 9. The molecule has 5 aliphatic carbocycles. The number of aliphatic imine (C=N–C) groups is 1. The fourth-order valence-electron chi connectivity index (χ4n) is 11.8. The second-order valence-electron chi connectivity index (χ2n) is 18.2. The van der Waals surface area contributed by atoms with E-state index < -0.39 is 0 Å². The molecule has 0 aromatic heterocycles. The number of para-hydroxylation sites is 1. The van der Waals surface area contributed by atoms with Gasteiger partial charge in [-0.2, -0.15) is 0 Å². The number of nitrogens with zero attached hydrogens (tertiary/aromatic N) is 3. The van der Waals surface area contributed by atoms with Gasteiger partial charge in [0.25, 0.3) is 0 Å². The average molecular weight is 807 g/mol. The van der Waals surface area contributed by atoms with Gasteiger partial charge >= 0.3 is 0 Å². The maximum Gasteiger partial charge on any atom is 0.133 e. The standard InChI is InChI=1S/C58H54N4/c1-6-18-39(19-7-1)55-56(40-20-8-2-9-21-40)59-58(60-57(55)41-22-10-3-11-23-41)44-32-35-54-50(38-44)49-37-43(31-34-53(49)62(54)46-26-14-5-15-27-46)42-30-33-52-48(36-42)47-28-16-17-29-51(47)61(52)45-24-12-4-13-25-45/h1-2,4-9,12-15,17-18,20-22,24,26-27,29-34,36-39,45,47,51,54,56H,3,10-11,16,19,23,25,28,35H2,(H,59,60). The molecule has 0 fully saturated rings. The van der Waals surface area contributed by atoms with Crippen molar-refractivity contribution >= 4 is 28.5 Å². The minimum atomic E-state index is -0.0627. The molecular formula is C58H54N4. The summed E-state index contributed by atoms with van der Waals surface area (Å²) in [7, 11) is 0. The van der Waals surface area contributed by atoms with Gasteiger partial charge in [0.15, 0.2) is 0 Å². The van der Waals surface area contributed by atoms with Crippen molar-refractivity contribution in [2.75, 3.05) is 9.80 Å². The molecule has 0 spiro atoms. The minimum absolute atomic E-state index is 0.0627. The molecule has 1 N–H and O–H groups in total. The fourth-order valence-corrected chi connectivity index (χ4v) is 11.8. The van der Waals surface area contributed by atoms with E-state index >= 15 is 0 Å². The molecule has 4 heteroatoms. The summed E-state index contributed by atoms with van der Waals surface area (Å²) in [6.45, 7) is 0. The molecule has 62 heavy (non-hydrogen) atoms. The number of anilines is 3. The number of amidine groups is 1. The first-order valence-corrected chi connectivity index (χ1v) is 23.3. The van der Waals surface area contributed by atoms with Gasteiger partial charge in [-0.05, 0) is 139 Å². The zero-order valence-electron chi connectivity index (χ0n) is 35.4. The van der Waals surface area contributed by atoms with Crippen LogP contribution in [-0.4, -0.2) is 24.0 Å². The molecule has 4 aromatic carbocycles. The number of rotatable bonds is 7. The Bertz CT molecular complexity index is 2730. The summed E-state index contributed by atoms with van der Waals surface area (Å²) in [5.74, 6) is 1.81. The van der Waals surface area contributed by atoms with Gasteiger partial charge in [-0.15, -0.1) is 0 Å². The van der Waals surface area contributed by atoms with E-state index in [0.29, 0.717) is 23.9 Å². The van der Waals surface area contributed by atoms with Crippen molar-refractivity contribution in [2.24, 2.45) is 10.9 Å². The van der Waals surface area contributed by atoms with Gasteiger partial charge in [0, 0.05) is 45.7 Å². The maximum atomic E-state index is 5.72. The molecule has 4 nitrogen and oxygen atoms in total. The van der Waals surface area contributed by atoms with Crippen LogP contribution in [0.4, 0.5) is 17.1 Å². The highest BCUT2D eigenvalue weighted by atomic mass is 15.2. The Morgan fingerprint density at radius 2 is 1.48 bits per heavy atom. The lowest BCUT2D eigenvalue weighted by Crippen LogP contribution is -2.41. The van der Waals surface area contributed by atoms with Crippen LogP contribution in [0.15, 0.2) is 203 Å². The lowest BCUT2D eigenvalue weighted by Gasteiger charge is -2.36. The van der Waals surface area contributed by atoms with Gasteiger partial charge in [0.2, 0.25) is 0 Å². The van der Waals surface area contributed by atoms with E-state index in [4.69, 9.17) is 4.99 Å². The summed E-state index contributed by atoms with van der Waals surface area (Å²) in [6.07, 6.45) is 40.6. The lowest BCUT2D eigenvalue weighted by atomic mass is 9.79. The number of hydrogen-bond acceptors (Lipinski definition) is 4. The first-order valence-electron chi connectivity index (χ1n) is 23.3. The summed E-state index contributed by atoms with van der Waals surface area (Å²) >= 11 is 0. The molecule has 0 radical (unpaired) electrons. The molecule has 3 heterocycles. The quantitative estimate of drug-likeness (QED) is 0.189. The third-order valence-corrected chi connectivity index (χ3v) is 14.7. The third kappa shape index (κ3) is 6.46. The van der Waals surface area contributed by atoms with Crippen LogP contribution in [0, 0.1) is 5.92 Å². The van der Waals surface area contributed by atoms with Crippen molar-refractivity contribution < 1.29 is 0 Å². The van der Waals surface area contributed by atoms with E-state index in [-0.39, 0.29) is 12.1 Å². The summed E-state index contributed by atoms with van der Waals surface area (Å²) < 4.78 is 0. The minimum Gasteiger partial charge on any atom is -0.357 e. The number of fused-ring (bicyclic) bond motifs is 6. The Morgan fingerprint density at radius 3 is 2.27 bits per heavy atom. The van der Waals surface area contributed by atoms with Crippen LogP contribution in [0.25, 0.3) is 16.7 Å². The molecule has 0 saturated heterocycles. The highest BCUT2D eigenvalue weighted by Crippen LogP contribution is 2.52. The molecule has 12 rings (SSSR count). The molecule has 0 bridgehead atoms. The second-order valence-corrected chi connectivity index (χ2v) is 18.2. The van der Waals surface area contributed by atoms with E-state index in [2.05, 4.69) is 191 Å². The largest absolute Gasteiger partial charge is 0.357 e. The monoisotopic (exact) mass is 806 g/mol. The van der Waals surface area contributed by atoms with Crippen LogP contribution in [0.1, 0.15) is 86.4 Å². The van der Waals surface area contributed by atoms with Crippen molar-refractivity contribution in [1.82, 2.24) is 5.32 Å². The summed E-state index contributed by atoms with van der Waals surface area (Å²) in [5.41, 5.74) is 17.3. The number of nitrogens with one attached hydrogen (secondary N) is 1. The van der Waals surface area contributed by atoms with Gasteiger partial charge < -0.3 is 15.1 Å². The lowest BCUT2D eigenvalue weighted by molar-refractivity contribution is 0.523. The van der Waals surface area contributed by atoms with Crippen LogP contribution >= 0.6 is 0 Å². The second kappa shape index (κ2) is 15.8. The Hall–Kier alpha value is -6.39. The van der Waals surface area contributed by atoms with Crippen molar-refractivity contribution in [2.45, 2.75) is 87.9 Å².